The van der Waals surface area contributed by atoms with Crippen molar-refractivity contribution in [2.75, 3.05) is 18.5 Å². The van der Waals surface area contributed by atoms with Crippen LogP contribution in [0.5, 0.6) is 11.5 Å². The standard InChI is InChI=1S/C21H16Cl2N2O3/c1-2-27-19-6-4-3-5-18(19)25-21(26)15(11-24)8-13-7-14-9-16(22)10-17(23)20(14)28-12-13/h3-10H,2,12H2,1H3,(H,25,26)/b15-8-. The number of rotatable bonds is 5. The summed E-state index contributed by atoms with van der Waals surface area (Å²) in [5, 5.41) is 13.0. The number of para-hydroxylation sites is 2. The summed E-state index contributed by atoms with van der Waals surface area (Å²) in [6, 6.07) is 12.3. The molecule has 0 atom stereocenters. The summed E-state index contributed by atoms with van der Waals surface area (Å²) in [5.74, 6) is 0.524. The van der Waals surface area contributed by atoms with Crippen LogP contribution in [0.4, 0.5) is 5.69 Å². The molecule has 1 aliphatic rings. The van der Waals surface area contributed by atoms with Gasteiger partial charge in [-0.2, -0.15) is 5.26 Å². The van der Waals surface area contributed by atoms with Gasteiger partial charge in [0.1, 0.15) is 29.7 Å². The number of hydrogen-bond donors (Lipinski definition) is 1. The average molecular weight is 415 g/mol. The van der Waals surface area contributed by atoms with Crippen LogP contribution in [0, 0.1) is 11.3 Å². The van der Waals surface area contributed by atoms with Gasteiger partial charge in [0.25, 0.3) is 5.91 Å². The molecular weight excluding hydrogens is 399 g/mol. The number of hydrogen-bond acceptors (Lipinski definition) is 4. The molecule has 0 unspecified atom stereocenters. The minimum Gasteiger partial charge on any atom is -0.492 e. The first-order valence-corrected chi connectivity index (χ1v) is 9.24. The predicted molar refractivity (Wildman–Crippen MR) is 110 cm³/mol. The predicted octanol–water partition coefficient (Wildman–Crippen LogP) is 5.26. The number of nitriles is 1. The first-order valence-electron chi connectivity index (χ1n) is 8.49. The van der Waals surface area contributed by atoms with Crippen molar-refractivity contribution >= 4 is 40.9 Å². The maximum atomic E-state index is 12.6. The van der Waals surface area contributed by atoms with Crippen LogP contribution in [-0.2, 0) is 4.79 Å². The van der Waals surface area contributed by atoms with Gasteiger partial charge in [-0.05, 0) is 48.9 Å². The van der Waals surface area contributed by atoms with Crippen LogP contribution in [0.1, 0.15) is 12.5 Å². The van der Waals surface area contributed by atoms with Crippen molar-refractivity contribution in [2.45, 2.75) is 6.92 Å². The number of benzene rings is 2. The molecule has 0 saturated carbocycles. The number of amides is 1. The first-order chi connectivity index (χ1) is 13.5. The number of carbonyl (C=O) groups excluding carboxylic acids is 1. The first kappa shape index (κ1) is 19.8. The summed E-state index contributed by atoms with van der Waals surface area (Å²) in [6.07, 6.45) is 3.27. The second-order valence-electron chi connectivity index (χ2n) is 5.87. The van der Waals surface area contributed by atoms with Gasteiger partial charge in [0.15, 0.2) is 0 Å². The van der Waals surface area contributed by atoms with E-state index in [4.69, 9.17) is 32.7 Å². The minimum atomic E-state index is -0.537. The maximum absolute atomic E-state index is 12.6. The lowest BCUT2D eigenvalue weighted by Gasteiger charge is -2.18. The number of carbonyl (C=O) groups is 1. The molecule has 1 amide bonds. The fourth-order valence-electron chi connectivity index (χ4n) is 2.69. The highest BCUT2D eigenvalue weighted by atomic mass is 35.5. The molecule has 5 nitrogen and oxygen atoms in total. The summed E-state index contributed by atoms with van der Waals surface area (Å²) in [5.41, 5.74) is 1.77. The summed E-state index contributed by atoms with van der Waals surface area (Å²) in [7, 11) is 0. The second kappa shape index (κ2) is 8.83. The zero-order chi connectivity index (χ0) is 20.1. The Balaban J connectivity index is 1.85. The highest BCUT2D eigenvalue weighted by molar-refractivity contribution is 6.36. The Morgan fingerprint density at radius 1 is 1.36 bits per heavy atom. The zero-order valence-electron chi connectivity index (χ0n) is 15.0. The van der Waals surface area contributed by atoms with Gasteiger partial charge in [-0.25, -0.2) is 0 Å². The van der Waals surface area contributed by atoms with Crippen LogP contribution in [0.15, 0.2) is 53.6 Å². The fraction of sp³-hybridized carbons (Fsp3) is 0.143. The van der Waals surface area contributed by atoms with Crippen LogP contribution in [0.2, 0.25) is 10.0 Å². The number of fused-ring (bicyclic) bond motifs is 1. The Kier molecular flexibility index (Phi) is 6.25. The third-order valence-corrected chi connectivity index (χ3v) is 4.39. The SMILES string of the molecule is CCOc1ccccc1NC(=O)/C(C#N)=C\C1=Cc2cc(Cl)cc(Cl)c2OC1. The van der Waals surface area contributed by atoms with E-state index >= 15 is 0 Å². The monoisotopic (exact) mass is 414 g/mol. The van der Waals surface area contributed by atoms with Gasteiger partial charge < -0.3 is 14.8 Å². The molecule has 1 heterocycles. The number of nitrogens with one attached hydrogen (secondary N) is 1. The molecule has 0 radical (unpaired) electrons. The van der Waals surface area contributed by atoms with E-state index in [0.29, 0.717) is 45.0 Å². The van der Waals surface area contributed by atoms with E-state index in [1.165, 1.54) is 6.08 Å². The highest BCUT2D eigenvalue weighted by Crippen LogP contribution is 2.36. The normalized spacial score (nSPS) is 12.9. The van der Waals surface area contributed by atoms with Crippen LogP contribution in [0.25, 0.3) is 6.08 Å². The third kappa shape index (κ3) is 4.48. The van der Waals surface area contributed by atoms with Gasteiger partial charge in [-0.3, -0.25) is 4.79 Å². The van der Waals surface area contributed by atoms with Gasteiger partial charge in [-0.1, -0.05) is 35.3 Å². The van der Waals surface area contributed by atoms with E-state index in [1.807, 2.05) is 13.0 Å². The summed E-state index contributed by atoms with van der Waals surface area (Å²) >= 11 is 12.2. The van der Waals surface area contributed by atoms with E-state index in [0.717, 1.165) is 0 Å². The van der Waals surface area contributed by atoms with Gasteiger partial charge in [0.2, 0.25) is 0 Å². The number of ether oxygens (including phenoxy) is 2. The quantitative estimate of drug-likeness (QED) is 0.535. The lowest BCUT2D eigenvalue weighted by atomic mass is 10.0. The lowest BCUT2D eigenvalue weighted by molar-refractivity contribution is -0.112. The second-order valence-corrected chi connectivity index (χ2v) is 6.71. The number of halogens is 2. The zero-order valence-corrected chi connectivity index (χ0v) is 16.5. The molecule has 0 fully saturated rings. The molecule has 1 aliphatic heterocycles. The van der Waals surface area contributed by atoms with E-state index in [9.17, 15) is 10.1 Å². The molecule has 28 heavy (non-hydrogen) atoms. The molecule has 2 aromatic rings. The van der Waals surface area contributed by atoms with Crippen LogP contribution < -0.4 is 14.8 Å². The fourth-order valence-corrected chi connectivity index (χ4v) is 3.26. The molecular formula is C21H16Cl2N2O3. The summed E-state index contributed by atoms with van der Waals surface area (Å²) in [4.78, 5) is 12.6. The van der Waals surface area contributed by atoms with Crippen molar-refractivity contribution in [3.8, 4) is 17.6 Å². The molecule has 0 saturated heterocycles. The van der Waals surface area contributed by atoms with Gasteiger partial charge in [0.05, 0.1) is 17.3 Å². The van der Waals surface area contributed by atoms with Crippen molar-refractivity contribution in [3.05, 3.63) is 69.2 Å². The topological polar surface area (TPSA) is 71.3 Å². The van der Waals surface area contributed by atoms with E-state index < -0.39 is 5.91 Å². The Hall–Kier alpha value is -2.94. The molecule has 0 aromatic heterocycles. The number of anilines is 1. The Bertz CT molecular complexity index is 1020. The highest BCUT2D eigenvalue weighted by Gasteiger charge is 2.17. The van der Waals surface area contributed by atoms with E-state index in [1.54, 1.807) is 42.5 Å². The molecule has 1 N–H and O–H groups in total. The molecule has 3 rings (SSSR count). The summed E-state index contributed by atoms with van der Waals surface area (Å²) < 4.78 is 11.1. The van der Waals surface area contributed by atoms with Gasteiger partial charge in [-0.15, -0.1) is 0 Å². The van der Waals surface area contributed by atoms with Crippen molar-refractivity contribution in [1.82, 2.24) is 0 Å². The maximum Gasteiger partial charge on any atom is 0.266 e. The largest absolute Gasteiger partial charge is 0.492 e. The summed E-state index contributed by atoms with van der Waals surface area (Å²) in [6.45, 7) is 2.50. The van der Waals surface area contributed by atoms with Crippen molar-refractivity contribution in [1.29, 1.82) is 5.26 Å². The van der Waals surface area contributed by atoms with Crippen molar-refractivity contribution < 1.29 is 14.3 Å². The molecule has 0 aliphatic carbocycles. The van der Waals surface area contributed by atoms with Crippen LogP contribution >= 0.6 is 23.2 Å². The molecule has 7 heteroatoms. The van der Waals surface area contributed by atoms with Crippen molar-refractivity contribution in [2.24, 2.45) is 0 Å². The van der Waals surface area contributed by atoms with Crippen molar-refractivity contribution in [3.63, 3.8) is 0 Å². The Labute approximate surface area is 172 Å². The minimum absolute atomic E-state index is 0.0577. The van der Waals surface area contributed by atoms with Crippen LogP contribution in [0.3, 0.4) is 0 Å². The van der Waals surface area contributed by atoms with Gasteiger partial charge >= 0.3 is 0 Å². The average Bonchev–Trinajstić information content (AvgIpc) is 2.67. The molecule has 0 spiro atoms. The smallest absolute Gasteiger partial charge is 0.266 e. The molecule has 142 valence electrons. The molecule has 0 bridgehead atoms. The Morgan fingerprint density at radius 2 is 2.14 bits per heavy atom. The Morgan fingerprint density at radius 3 is 2.89 bits per heavy atom. The van der Waals surface area contributed by atoms with Crippen LogP contribution in [-0.4, -0.2) is 19.1 Å². The lowest BCUT2D eigenvalue weighted by Crippen LogP contribution is -2.15. The third-order valence-electron chi connectivity index (χ3n) is 3.89. The van der Waals surface area contributed by atoms with E-state index in [2.05, 4.69) is 5.32 Å². The molecule has 2 aromatic carbocycles. The van der Waals surface area contributed by atoms with E-state index in [-0.39, 0.29) is 12.2 Å². The van der Waals surface area contributed by atoms with Gasteiger partial charge in [0, 0.05) is 10.6 Å². The number of nitrogens with zero attached hydrogens (tertiary/aromatic N) is 1.